The highest BCUT2D eigenvalue weighted by molar-refractivity contribution is 6.30. The molecule has 2 heterocycles. The summed E-state index contributed by atoms with van der Waals surface area (Å²) in [4.78, 5) is 22.1. The summed E-state index contributed by atoms with van der Waals surface area (Å²) >= 11 is 6.11. The highest BCUT2D eigenvalue weighted by atomic mass is 35.5. The maximum absolute atomic E-state index is 15.4. The molecule has 1 saturated heterocycles. The minimum atomic E-state index is -0.719. The summed E-state index contributed by atoms with van der Waals surface area (Å²) in [5.74, 6) is -0.849. The van der Waals surface area contributed by atoms with Crippen molar-refractivity contribution < 1.29 is 9.18 Å². The Hall–Kier alpha value is -2.41. The second-order valence-electron chi connectivity index (χ2n) is 9.05. The molecular weight excluding hydrogens is 405 g/mol. The summed E-state index contributed by atoms with van der Waals surface area (Å²) in [6, 6.07) is 7.11. The van der Waals surface area contributed by atoms with Crippen molar-refractivity contribution in [2.24, 2.45) is 11.1 Å². The van der Waals surface area contributed by atoms with Gasteiger partial charge in [0.25, 0.3) is 0 Å². The molecule has 0 spiro atoms. The molecule has 1 fully saturated rings. The van der Waals surface area contributed by atoms with E-state index in [1.165, 1.54) is 6.33 Å². The van der Waals surface area contributed by atoms with Gasteiger partial charge in [-0.05, 0) is 48.8 Å². The minimum Gasteiger partial charge on any atom is -0.368 e. The largest absolute Gasteiger partial charge is 0.368 e. The van der Waals surface area contributed by atoms with E-state index in [-0.39, 0.29) is 23.1 Å². The van der Waals surface area contributed by atoms with Gasteiger partial charge < -0.3 is 16.0 Å². The fourth-order valence-electron chi connectivity index (χ4n) is 3.92. The number of amides is 1. The Morgan fingerprint density at radius 2 is 2.17 bits per heavy atom. The first-order valence-electron chi connectivity index (χ1n) is 10.2. The van der Waals surface area contributed by atoms with E-state index in [4.69, 9.17) is 17.3 Å². The number of carbonyl (C=O) groups is 1. The van der Waals surface area contributed by atoms with Gasteiger partial charge in [-0.15, -0.1) is 0 Å². The molecule has 0 saturated carbocycles. The van der Waals surface area contributed by atoms with Crippen LogP contribution in [0.1, 0.15) is 45.6 Å². The number of hydrogen-bond acceptors (Lipinski definition) is 5. The van der Waals surface area contributed by atoms with E-state index in [1.54, 1.807) is 0 Å². The number of aromatic nitrogens is 2. The third-order valence-electron chi connectivity index (χ3n) is 5.25. The van der Waals surface area contributed by atoms with Gasteiger partial charge in [0, 0.05) is 17.6 Å². The lowest BCUT2D eigenvalue weighted by Crippen LogP contribution is -2.39. The van der Waals surface area contributed by atoms with Crippen LogP contribution in [0.5, 0.6) is 0 Å². The lowest BCUT2D eigenvalue weighted by Gasteiger charge is -2.28. The number of halogens is 2. The standard InChI is InChI=1S/C22H29ClFN5O/c1-22(2,3)12-17(19(25)30)28-20-18(24)21(27-13-26-20)29-9-5-8-16(29)11-14-6-4-7-15(23)10-14/h4,6-7,10,13,16-17H,5,8-9,11-12H2,1-3H3,(H2,25,30)(H,26,27,28). The molecule has 2 unspecified atom stereocenters. The Kier molecular flexibility index (Phi) is 6.81. The Bertz CT molecular complexity index is 901. The quantitative estimate of drug-likeness (QED) is 0.684. The van der Waals surface area contributed by atoms with Crippen LogP contribution in [-0.4, -0.2) is 34.5 Å². The van der Waals surface area contributed by atoms with Crippen LogP contribution in [0.15, 0.2) is 30.6 Å². The maximum atomic E-state index is 15.4. The normalized spacial score (nSPS) is 17.8. The first kappa shape index (κ1) is 22.3. The lowest BCUT2D eigenvalue weighted by atomic mass is 9.88. The molecule has 1 aromatic heterocycles. The number of nitrogens with one attached hydrogen (secondary N) is 1. The Labute approximate surface area is 182 Å². The molecule has 162 valence electrons. The van der Waals surface area contributed by atoms with Crippen LogP contribution in [0.2, 0.25) is 5.02 Å². The van der Waals surface area contributed by atoms with Crippen LogP contribution >= 0.6 is 11.6 Å². The highest BCUT2D eigenvalue weighted by Gasteiger charge is 2.30. The lowest BCUT2D eigenvalue weighted by molar-refractivity contribution is -0.119. The summed E-state index contributed by atoms with van der Waals surface area (Å²) in [5, 5.41) is 3.58. The van der Waals surface area contributed by atoms with Gasteiger partial charge >= 0.3 is 0 Å². The topological polar surface area (TPSA) is 84.1 Å². The number of primary amides is 1. The Morgan fingerprint density at radius 3 is 2.83 bits per heavy atom. The molecule has 0 radical (unpaired) electrons. The van der Waals surface area contributed by atoms with Crippen LogP contribution in [0.4, 0.5) is 16.0 Å². The average Bonchev–Trinajstić information content (AvgIpc) is 3.09. The third kappa shape index (κ3) is 5.59. The van der Waals surface area contributed by atoms with E-state index < -0.39 is 17.8 Å². The zero-order valence-electron chi connectivity index (χ0n) is 17.7. The molecule has 30 heavy (non-hydrogen) atoms. The van der Waals surface area contributed by atoms with Crippen molar-refractivity contribution in [1.29, 1.82) is 0 Å². The van der Waals surface area contributed by atoms with E-state index >= 15 is 4.39 Å². The minimum absolute atomic E-state index is 0.00135. The van der Waals surface area contributed by atoms with Crippen molar-refractivity contribution in [2.75, 3.05) is 16.8 Å². The van der Waals surface area contributed by atoms with Crippen LogP contribution in [0, 0.1) is 11.2 Å². The van der Waals surface area contributed by atoms with Gasteiger partial charge in [0.1, 0.15) is 12.4 Å². The fourth-order valence-corrected chi connectivity index (χ4v) is 4.14. The first-order chi connectivity index (χ1) is 14.1. The molecule has 1 aliphatic heterocycles. The molecule has 2 aromatic rings. The number of benzene rings is 1. The number of nitrogens with zero attached hydrogens (tertiary/aromatic N) is 3. The van der Waals surface area contributed by atoms with Crippen molar-refractivity contribution in [3.63, 3.8) is 0 Å². The van der Waals surface area contributed by atoms with Gasteiger partial charge in [-0.1, -0.05) is 44.5 Å². The van der Waals surface area contributed by atoms with E-state index in [0.717, 1.165) is 24.8 Å². The molecule has 1 aliphatic rings. The fraction of sp³-hybridized carbons (Fsp3) is 0.500. The predicted molar refractivity (Wildman–Crippen MR) is 118 cm³/mol. The maximum Gasteiger partial charge on any atom is 0.239 e. The molecule has 8 heteroatoms. The number of anilines is 2. The summed E-state index contributed by atoms with van der Waals surface area (Å²) < 4.78 is 15.4. The predicted octanol–water partition coefficient (Wildman–Crippen LogP) is 4.18. The number of hydrogen-bond donors (Lipinski definition) is 2. The SMILES string of the molecule is CC(C)(C)CC(Nc1ncnc(N2CCCC2Cc2cccc(Cl)c2)c1F)C(N)=O. The van der Waals surface area contributed by atoms with Gasteiger partial charge in [-0.25, -0.2) is 9.97 Å². The zero-order chi connectivity index (χ0) is 21.9. The summed E-state index contributed by atoms with van der Waals surface area (Å²) in [7, 11) is 0. The summed E-state index contributed by atoms with van der Waals surface area (Å²) in [6.07, 6.45) is 4.42. The van der Waals surface area contributed by atoms with Crippen molar-refractivity contribution in [1.82, 2.24) is 9.97 Å². The Morgan fingerprint density at radius 1 is 1.40 bits per heavy atom. The number of nitrogens with two attached hydrogens (primary N) is 1. The van der Waals surface area contributed by atoms with Crippen molar-refractivity contribution in [3.05, 3.63) is 47.0 Å². The van der Waals surface area contributed by atoms with Gasteiger partial charge in [-0.2, -0.15) is 4.39 Å². The highest BCUT2D eigenvalue weighted by Crippen LogP contribution is 2.31. The molecule has 0 bridgehead atoms. The summed E-state index contributed by atoms with van der Waals surface area (Å²) in [5.41, 5.74) is 6.48. The molecule has 0 aliphatic carbocycles. The third-order valence-corrected chi connectivity index (χ3v) is 5.49. The number of carbonyl (C=O) groups excluding carboxylic acids is 1. The monoisotopic (exact) mass is 433 g/mol. The van der Waals surface area contributed by atoms with Gasteiger partial charge in [0.2, 0.25) is 11.7 Å². The van der Waals surface area contributed by atoms with Crippen molar-refractivity contribution >= 4 is 29.1 Å². The second-order valence-corrected chi connectivity index (χ2v) is 9.48. The van der Waals surface area contributed by atoms with Crippen molar-refractivity contribution in [3.8, 4) is 0 Å². The van der Waals surface area contributed by atoms with Crippen LogP contribution in [0.25, 0.3) is 0 Å². The van der Waals surface area contributed by atoms with E-state index in [2.05, 4.69) is 15.3 Å². The van der Waals surface area contributed by atoms with E-state index in [0.29, 0.717) is 18.0 Å². The van der Waals surface area contributed by atoms with Crippen molar-refractivity contribution in [2.45, 2.75) is 58.5 Å². The first-order valence-corrected chi connectivity index (χ1v) is 10.6. The molecular formula is C22H29ClFN5O. The van der Waals surface area contributed by atoms with Gasteiger partial charge in [0.05, 0.1) is 0 Å². The molecule has 3 N–H and O–H groups in total. The van der Waals surface area contributed by atoms with Crippen LogP contribution in [-0.2, 0) is 11.2 Å². The van der Waals surface area contributed by atoms with Crippen LogP contribution < -0.4 is 16.0 Å². The molecule has 1 amide bonds. The number of rotatable bonds is 7. The van der Waals surface area contributed by atoms with Gasteiger partial charge in [0.15, 0.2) is 11.6 Å². The average molecular weight is 434 g/mol. The summed E-state index contributed by atoms with van der Waals surface area (Å²) in [6.45, 7) is 6.70. The second kappa shape index (κ2) is 9.16. The van der Waals surface area contributed by atoms with Crippen LogP contribution in [0.3, 0.4) is 0 Å². The molecule has 6 nitrogen and oxygen atoms in total. The van der Waals surface area contributed by atoms with Gasteiger partial charge in [-0.3, -0.25) is 4.79 Å². The Balaban J connectivity index is 1.81. The zero-order valence-corrected chi connectivity index (χ0v) is 18.4. The molecule has 2 atom stereocenters. The molecule has 3 rings (SSSR count). The van der Waals surface area contributed by atoms with E-state index in [1.807, 2.05) is 49.9 Å². The smallest absolute Gasteiger partial charge is 0.239 e. The molecule has 1 aromatic carbocycles. The van der Waals surface area contributed by atoms with E-state index in [9.17, 15) is 4.79 Å².